The summed E-state index contributed by atoms with van der Waals surface area (Å²) < 4.78 is 41.0. The lowest BCUT2D eigenvalue weighted by Crippen LogP contribution is -2.67. The van der Waals surface area contributed by atoms with Crippen molar-refractivity contribution in [3.8, 4) is 0 Å². The molecule has 5 rings (SSSR count). The van der Waals surface area contributed by atoms with Crippen LogP contribution in [0.25, 0.3) is 0 Å². The van der Waals surface area contributed by atoms with Crippen LogP contribution in [-0.2, 0) is 25.9 Å². The van der Waals surface area contributed by atoms with Gasteiger partial charge in [-0.3, -0.25) is 0 Å². The summed E-state index contributed by atoms with van der Waals surface area (Å²) >= 11 is 0. The van der Waals surface area contributed by atoms with Gasteiger partial charge in [-0.1, -0.05) is 26.7 Å². The maximum absolute atomic E-state index is 7.28. The van der Waals surface area contributed by atoms with E-state index in [1.165, 1.54) is 38.5 Å². The Labute approximate surface area is 224 Å². The summed E-state index contributed by atoms with van der Waals surface area (Å²) in [6.45, 7) is 17.6. The van der Waals surface area contributed by atoms with Crippen LogP contribution < -0.4 is 0 Å². The molecule has 6 nitrogen and oxygen atoms in total. The molecule has 0 N–H and O–H groups in total. The highest BCUT2D eigenvalue weighted by Crippen LogP contribution is 2.61. The van der Waals surface area contributed by atoms with Crippen LogP contribution >= 0.6 is 0 Å². The van der Waals surface area contributed by atoms with E-state index < -0.39 is 34.2 Å². The van der Waals surface area contributed by atoms with Crippen molar-refractivity contribution >= 4 is 34.2 Å². The molecule has 0 aromatic carbocycles. The van der Waals surface area contributed by atoms with Crippen LogP contribution in [0.3, 0.4) is 0 Å². The maximum atomic E-state index is 7.28. The van der Waals surface area contributed by atoms with Crippen molar-refractivity contribution in [2.45, 2.75) is 116 Å². The Morgan fingerprint density at radius 1 is 0.583 bits per heavy atom. The van der Waals surface area contributed by atoms with E-state index in [1.54, 1.807) is 0 Å². The summed E-state index contributed by atoms with van der Waals surface area (Å²) in [5, 5.41) is 0. The van der Waals surface area contributed by atoms with Gasteiger partial charge < -0.3 is 25.9 Å². The standard InChI is InChI=1S/C26H52O6Si4/c1-7-15-33(3)29-35(5,17-11-25-19-23(25)9-13-27-21-25)31-34(4,16-8-2)32-36(6,30-33)18-12-26-20-24(26)10-14-28-22-26/h23-24H,7-22H2,1-6H3. The van der Waals surface area contributed by atoms with Crippen LogP contribution in [0.5, 0.6) is 0 Å². The molecule has 0 spiro atoms. The molecule has 3 heterocycles. The molecule has 10 heteroatoms. The lowest BCUT2D eigenvalue weighted by atomic mass is 9.98. The molecule has 36 heavy (non-hydrogen) atoms. The van der Waals surface area contributed by atoms with Crippen molar-refractivity contribution in [2.75, 3.05) is 26.4 Å². The van der Waals surface area contributed by atoms with Crippen LogP contribution in [0.1, 0.15) is 65.2 Å². The van der Waals surface area contributed by atoms with Crippen LogP contribution in [-0.4, -0.2) is 60.7 Å². The van der Waals surface area contributed by atoms with Crippen molar-refractivity contribution in [3.05, 3.63) is 0 Å². The minimum absolute atomic E-state index is 0.391. The zero-order chi connectivity index (χ0) is 25.7. The number of fused-ring (bicyclic) bond motifs is 2. The molecule has 5 aliphatic rings. The summed E-state index contributed by atoms with van der Waals surface area (Å²) in [6, 6.07) is 4.12. The third-order valence-electron chi connectivity index (χ3n) is 10.0. The second kappa shape index (κ2) is 10.2. The second-order valence-corrected chi connectivity index (χ2v) is 28.0. The molecule has 208 valence electrons. The lowest BCUT2D eigenvalue weighted by molar-refractivity contribution is 0.0439. The fourth-order valence-corrected chi connectivity index (χ4v) is 31.7. The zero-order valence-corrected chi connectivity index (χ0v) is 27.9. The Bertz CT molecular complexity index is 724. The van der Waals surface area contributed by atoms with Crippen molar-refractivity contribution in [3.63, 3.8) is 0 Å². The minimum Gasteiger partial charge on any atom is -0.416 e. The van der Waals surface area contributed by atoms with Gasteiger partial charge >= 0.3 is 34.2 Å². The second-order valence-electron chi connectivity index (χ2n) is 13.7. The van der Waals surface area contributed by atoms with Gasteiger partial charge in [-0.2, -0.15) is 0 Å². The molecule has 0 amide bonds. The van der Waals surface area contributed by atoms with Gasteiger partial charge in [0.25, 0.3) is 0 Å². The topological polar surface area (TPSA) is 55.4 Å². The van der Waals surface area contributed by atoms with Gasteiger partial charge in [0.2, 0.25) is 0 Å². The number of hydrogen-bond acceptors (Lipinski definition) is 6. The summed E-state index contributed by atoms with van der Waals surface area (Å²) in [5.74, 6) is 1.71. The van der Waals surface area contributed by atoms with Gasteiger partial charge in [-0.25, -0.2) is 0 Å². The van der Waals surface area contributed by atoms with Crippen molar-refractivity contribution < 1.29 is 25.9 Å². The fourth-order valence-electron chi connectivity index (χ4n) is 7.97. The van der Waals surface area contributed by atoms with E-state index in [9.17, 15) is 0 Å². The predicted molar refractivity (Wildman–Crippen MR) is 152 cm³/mol. The van der Waals surface area contributed by atoms with Crippen LogP contribution in [0.15, 0.2) is 0 Å². The monoisotopic (exact) mass is 572 g/mol. The Balaban J connectivity index is 1.34. The summed E-state index contributed by atoms with van der Waals surface area (Å²) in [6.07, 6.45) is 9.63. The third-order valence-corrected chi connectivity index (χ3v) is 29.0. The van der Waals surface area contributed by atoms with Gasteiger partial charge in [-0.05, 0) is 112 Å². The average Bonchev–Trinajstić information content (AvgIpc) is 3.68. The molecule has 3 saturated heterocycles. The van der Waals surface area contributed by atoms with Crippen molar-refractivity contribution in [2.24, 2.45) is 22.7 Å². The van der Waals surface area contributed by atoms with Gasteiger partial charge in [0.15, 0.2) is 0 Å². The van der Waals surface area contributed by atoms with E-state index in [0.717, 1.165) is 75.3 Å². The Hall–Kier alpha value is 0.628. The molecule has 2 aliphatic carbocycles. The van der Waals surface area contributed by atoms with Gasteiger partial charge in [0, 0.05) is 13.2 Å². The highest BCUT2D eigenvalue weighted by molar-refractivity contribution is 6.93. The van der Waals surface area contributed by atoms with Crippen molar-refractivity contribution in [1.82, 2.24) is 0 Å². The normalized spacial score (nSPS) is 50.5. The van der Waals surface area contributed by atoms with E-state index in [1.807, 2.05) is 0 Å². The molecule has 2 saturated carbocycles. The molecular weight excluding hydrogens is 521 g/mol. The van der Waals surface area contributed by atoms with E-state index in [4.69, 9.17) is 25.9 Å². The van der Waals surface area contributed by atoms with Gasteiger partial charge in [-0.15, -0.1) is 0 Å². The highest BCUT2D eigenvalue weighted by atomic mass is 28.5. The molecule has 4 atom stereocenters. The molecular formula is C26H52O6Si4. The van der Waals surface area contributed by atoms with Crippen LogP contribution in [0, 0.1) is 22.7 Å². The first-order valence-electron chi connectivity index (χ1n) is 14.9. The van der Waals surface area contributed by atoms with E-state index in [-0.39, 0.29) is 0 Å². The minimum atomic E-state index is -2.47. The molecule has 0 aromatic heterocycles. The van der Waals surface area contributed by atoms with E-state index >= 15 is 0 Å². The highest BCUT2D eigenvalue weighted by Gasteiger charge is 2.61. The largest absolute Gasteiger partial charge is 0.416 e. The Kier molecular flexibility index (Phi) is 8.00. The predicted octanol–water partition coefficient (Wildman–Crippen LogP) is 6.81. The Morgan fingerprint density at radius 3 is 1.28 bits per heavy atom. The molecule has 5 fully saturated rings. The first-order chi connectivity index (χ1) is 17.0. The summed E-state index contributed by atoms with van der Waals surface area (Å²) in [7, 11) is -9.82. The van der Waals surface area contributed by atoms with Gasteiger partial charge in [0.05, 0.1) is 13.2 Å². The van der Waals surface area contributed by atoms with Gasteiger partial charge in [0.1, 0.15) is 0 Å². The first-order valence-corrected chi connectivity index (χ1v) is 25.0. The molecule has 3 aliphatic heterocycles. The summed E-state index contributed by atoms with van der Waals surface area (Å²) in [4.78, 5) is 0. The Morgan fingerprint density at radius 2 is 0.944 bits per heavy atom. The average molecular weight is 573 g/mol. The third kappa shape index (κ3) is 6.02. The first kappa shape index (κ1) is 28.2. The fraction of sp³-hybridized carbons (Fsp3) is 1.00. The number of rotatable bonds is 10. The SMILES string of the molecule is CCC[Si]1(C)O[Si](C)(CCC23COCCC2C3)O[Si](C)(CCC)O[Si](C)(CCC23COCCC2C3)O1. The molecule has 4 unspecified atom stereocenters. The molecule has 0 radical (unpaired) electrons. The smallest absolute Gasteiger partial charge is 0.317 e. The van der Waals surface area contributed by atoms with E-state index in [2.05, 4.69) is 40.0 Å². The van der Waals surface area contributed by atoms with Crippen LogP contribution in [0.4, 0.5) is 0 Å². The number of hydrogen-bond donors (Lipinski definition) is 0. The van der Waals surface area contributed by atoms with E-state index in [0.29, 0.717) is 10.8 Å². The quantitative estimate of drug-likeness (QED) is 0.268. The molecule has 0 aromatic rings. The van der Waals surface area contributed by atoms with Crippen molar-refractivity contribution in [1.29, 1.82) is 0 Å². The maximum Gasteiger partial charge on any atom is 0.317 e. The lowest BCUT2D eigenvalue weighted by Gasteiger charge is -2.51. The zero-order valence-electron chi connectivity index (χ0n) is 23.9. The van der Waals surface area contributed by atoms with Crippen LogP contribution in [0.2, 0.25) is 50.4 Å². The number of ether oxygens (including phenoxy) is 2. The molecule has 0 bridgehead atoms. The summed E-state index contributed by atoms with van der Waals surface area (Å²) in [5.41, 5.74) is 0.782.